The molecule has 1 amide bonds. The Labute approximate surface area is 119 Å². The number of sulfone groups is 1. The normalized spacial score (nSPS) is 19.3. The van der Waals surface area contributed by atoms with Crippen LogP contribution in [0.15, 0.2) is 29.2 Å². The molecule has 110 valence electrons. The second kappa shape index (κ2) is 5.93. The third kappa shape index (κ3) is 3.19. The Hall–Kier alpha value is -1.40. The highest BCUT2D eigenvalue weighted by molar-refractivity contribution is 7.91. The summed E-state index contributed by atoms with van der Waals surface area (Å²) in [5, 5.41) is 0. The summed E-state index contributed by atoms with van der Waals surface area (Å²) in [6, 6.07) is 6.22. The van der Waals surface area contributed by atoms with Gasteiger partial charge in [0, 0.05) is 24.7 Å². The van der Waals surface area contributed by atoms with E-state index in [1.807, 2.05) is 6.92 Å². The Bertz CT molecular complexity index is 581. The standard InChI is InChI=1S/C14H20N2O3S/c1-2-9-20(18,19)13-5-3-11(4-6-13)14(17)16-8-7-12(15)10-16/h3-6,12H,2,7-10,15H2,1H3/t12-/m1/s1. The molecule has 1 atom stereocenters. The SMILES string of the molecule is CCCS(=O)(=O)c1ccc(C(=O)N2CC[C@@H](N)C2)cc1. The zero-order valence-electron chi connectivity index (χ0n) is 11.6. The number of nitrogens with two attached hydrogens (primary N) is 1. The molecule has 5 nitrogen and oxygen atoms in total. The van der Waals surface area contributed by atoms with Crippen molar-refractivity contribution in [2.45, 2.75) is 30.7 Å². The van der Waals surface area contributed by atoms with Gasteiger partial charge in [0.25, 0.3) is 5.91 Å². The number of amides is 1. The molecule has 1 aromatic carbocycles. The lowest BCUT2D eigenvalue weighted by molar-refractivity contribution is 0.0791. The molecule has 1 heterocycles. The molecule has 0 aliphatic carbocycles. The van der Waals surface area contributed by atoms with Crippen molar-refractivity contribution >= 4 is 15.7 Å². The average molecular weight is 296 g/mol. The van der Waals surface area contributed by atoms with Crippen molar-refractivity contribution in [1.29, 1.82) is 0 Å². The molecule has 0 saturated carbocycles. The summed E-state index contributed by atoms with van der Waals surface area (Å²) >= 11 is 0. The second-order valence-electron chi connectivity index (χ2n) is 5.14. The third-order valence-electron chi connectivity index (χ3n) is 3.45. The molecule has 20 heavy (non-hydrogen) atoms. The summed E-state index contributed by atoms with van der Waals surface area (Å²) < 4.78 is 23.8. The van der Waals surface area contributed by atoms with Crippen LogP contribution in [0.2, 0.25) is 0 Å². The smallest absolute Gasteiger partial charge is 0.253 e. The molecule has 0 radical (unpaired) electrons. The Morgan fingerprint density at radius 2 is 2.00 bits per heavy atom. The molecule has 0 aromatic heterocycles. The quantitative estimate of drug-likeness (QED) is 0.900. The molecule has 1 saturated heterocycles. The minimum absolute atomic E-state index is 0.0446. The number of rotatable bonds is 4. The highest BCUT2D eigenvalue weighted by atomic mass is 32.2. The van der Waals surface area contributed by atoms with Gasteiger partial charge in [-0.1, -0.05) is 6.92 Å². The van der Waals surface area contributed by atoms with Crippen molar-refractivity contribution in [1.82, 2.24) is 4.90 Å². The van der Waals surface area contributed by atoms with Gasteiger partial charge in [0.2, 0.25) is 0 Å². The van der Waals surface area contributed by atoms with Crippen LogP contribution in [-0.4, -0.2) is 44.1 Å². The van der Waals surface area contributed by atoms with Crippen LogP contribution in [-0.2, 0) is 9.84 Å². The Morgan fingerprint density at radius 1 is 1.35 bits per heavy atom. The number of hydrogen-bond acceptors (Lipinski definition) is 4. The van der Waals surface area contributed by atoms with Crippen LogP contribution < -0.4 is 5.73 Å². The van der Waals surface area contributed by atoms with E-state index in [2.05, 4.69) is 0 Å². The van der Waals surface area contributed by atoms with E-state index >= 15 is 0 Å². The maximum Gasteiger partial charge on any atom is 0.253 e. The summed E-state index contributed by atoms with van der Waals surface area (Å²) in [7, 11) is -3.23. The minimum Gasteiger partial charge on any atom is -0.337 e. The molecule has 0 bridgehead atoms. The zero-order valence-corrected chi connectivity index (χ0v) is 12.4. The van der Waals surface area contributed by atoms with Crippen molar-refractivity contribution in [3.05, 3.63) is 29.8 Å². The fourth-order valence-corrected chi connectivity index (χ4v) is 3.67. The number of carbonyl (C=O) groups excluding carboxylic acids is 1. The molecule has 6 heteroatoms. The van der Waals surface area contributed by atoms with Crippen LogP contribution in [0.3, 0.4) is 0 Å². The monoisotopic (exact) mass is 296 g/mol. The van der Waals surface area contributed by atoms with E-state index in [4.69, 9.17) is 5.73 Å². The van der Waals surface area contributed by atoms with Gasteiger partial charge in [0.05, 0.1) is 10.6 Å². The molecular weight excluding hydrogens is 276 g/mol. The summed E-state index contributed by atoms with van der Waals surface area (Å²) in [4.78, 5) is 14.2. The Kier molecular flexibility index (Phi) is 4.45. The fraction of sp³-hybridized carbons (Fsp3) is 0.500. The topological polar surface area (TPSA) is 80.5 Å². The van der Waals surface area contributed by atoms with E-state index in [1.165, 1.54) is 12.1 Å². The summed E-state index contributed by atoms with van der Waals surface area (Å²) in [6.45, 7) is 3.05. The molecule has 0 spiro atoms. The van der Waals surface area contributed by atoms with Crippen molar-refractivity contribution in [2.24, 2.45) is 5.73 Å². The van der Waals surface area contributed by atoms with E-state index in [1.54, 1.807) is 17.0 Å². The lowest BCUT2D eigenvalue weighted by atomic mass is 10.2. The average Bonchev–Trinajstić information content (AvgIpc) is 2.85. The van der Waals surface area contributed by atoms with Crippen molar-refractivity contribution in [3.63, 3.8) is 0 Å². The Morgan fingerprint density at radius 3 is 2.50 bits per heavy atom. The van der Waals surface area contributed by atoms with Crippen LogP contribution in [0.1, 0.15) is 30.1 Å². The number of likely N-dealkylation sites (tertiary alicyclic amines) is 1. The van der Waals surface area contributed by atoms with Crippen LogP contribution in [0.4, 0.5) is 0 Å². The predicted molar refractivity (Wildman–Crippen MR) is 77.3 cm³/mol. The van der Waals surface area contributed by atoms with E-state index in [0.717, 1.165) is 6.42 Å². The lowest BCUT2D eigenvalue weighted by Gasteiger charge is -2.15. The van der Waals surface area contributed by atoms with Gasteiger partial charge in [-0.2, -0.15) is 0 Å². The van der Waals surface area contributed by atoms with Gasteiger partial charge < -0.3 is 10.6 Å². The molecule has 1 aliphatic rings. The van der Waals surface area contributed by atoms with E-state index in [0.29, 0.717) is 25.1 Å². The van der Waals surface area contributed by atoms with Gasteiger partial charge in [-0.3, -0.25) is 4.79 Å². The number of hydrogen-bond donors (Lipinski definition) is 1. The van der Waals surface area contributed by atoms with Gasteiger partial charge in [0.1, 0.15) is 0 Å². The van der Waals surface area contributed by atoms with Crippen molar-refractivity contribution in [3.8, 4) is 0 Å². The summed E-state index contributed by atoms with van der Waals surface area (Å²) in [6.07, 6.45) is 1.39. The number of benzene rings is 1. The molecule has 1 aliphatic heterocycles. The highest BCUT2D eigenvalue weighted by Crippen LogP contribution is 2.16. The first-order valence-electron chi connectivity index (χ1n) is 6.81. The van der Waals surface area contributed by atoms with E-state index < -0.39 is 9.84 Å². The molecular formula is C14H20N2O3S. The van der Waals surface area contributed by atoms with Crippen LogP contribution in [0.25, 0.3) is 0 Å². The van der Waals surface area contributed by atoms with Gasteiger partial charge >= 0.3 is 0 Å². The predicted octanol–water partition coefficient (Wildman–Crippen LogP) is 1.04. The molecule has 2 N–H and O–H groups in total. The minimum atomic E-state index is -3.23. The Balaban J connectivity index is 2.14. The lowest BCUT2D eigenvalue weighted by Crippen LogP contribution is -2.31. The van der Waals surface area contributed by atoms with E-state index in [9.17, 15) is 13.2 Å². The van der Waals surface area contributed by atoms with Crippen LogP contribution in [0.5, 0.6) is 0 Å². The van der Waals surface area contributed by atoms with Crippen LogP contribution >= 0.6 is 0 Å². The second-order valence-corrected chi connectivity index (χ2v) is 7.25. The largest absolute Gasteiger partial charge is 0.337 e. The first-order chi connectivity index (χ1) is 9.44. The zero-order chi connectivity index (χ0) is 14.8. The highest BCUT2D eigenvalue weighted by Gasteiger charge is 2.24. The van der Waals surface area contributed by atoms with Gasteiger partial charge in [-0.15, -0.1) is 0 Å². The molecule has 1 aromatic rings. The summed E-state index contributed by atoms with van der Waals surface area (Å²) in [5.74, 6) is 0.0405. The van der Waals surface area contributed by atoms with Crippen molar-refractivity contribution < 1.29 is 13.2 Å². The number of nitrogens with zero attached hydrogens (tertiary/aromatic N) is 1. The first kappa shape index (κ1) is 15.0. The first-order valence-corrected chi connectivity index (χ1v) is 8.47. The van der Waals surface area contributed by atoms with Crippen molar-refractivity contribution in [2.75, 3.05) is 18.8 Å². The molecule has 0 unspecified atom stereocenters. The van der Waals surface area contributed by atoms with Gasteiger partial charge in [-0.05, 0) is 37.1 Å². The van der Waals surface area contributed by atoms with Gasteiger partial charge in [0.15, 0.2) is 9.84 Å². The summed E-state index contributed by atoms with van der Waals surface area (Å²) in [5.41, 5.74) is 6.29. The fourth-order valence-electron chi connectivity index (χ4n) is 2.35. The molecule has 2 rings (SSSR count). The number of carbonyl (C=O) groups is 1. The van der Waals surface area contributed by atoms with Crippen LogP contribution in [0, 0.1) is 0 Å². The maximum atomic E-state index is 12.2. The van der Waals surface area contributed by atoms with E-state index in [-0.39, 0.29) is 22.6 Å². The molecule has 1 fully saturated rings. The maximum absolute atomic E-state index is 12.2. The van der Waals surface area contributed by atoms with Gasteiger partial charge in [-0.25, -0.2) is 8.42 Å². The third-order valence-corrected chi connectivity index (χ3v) is 5.38.